The average molecular weight is 1020 g/mol. The maximum Gasteiger partial charge on any atom is 0.237 e. The van der Waals surface area contributed by atoms with Crippen LogP contribution in [0.4, 0.5) is 17.1 Å². The van der Waals surface area contributed by atoms with E-state index in [2.05, 4.69) is 60.5 Å². The number of hydrogen-bond acceptors (Lipinski definition) is 9. The first-order chi connectivity index (χ1) is 37.0. The van der Waals surface area contributed by atoms with E-state index in [0.29, 0.717) is 12.1 Å². The Hall–Kier alpha value is -8.85. The van der Waals surface area contributed by atoms with Crippen LogP contribution in [0.2, 0.25) is 0 Å². The molecule has 0 bridgehead atoms. The minimum Gasteiger partial charge on any atom is -0.314 e. The third-order valence-electron chi connectivity index (χ3n) is 15.8. The van der Waals surface area contributed by atoms with E-state index in [1.807, 2.05) is 183 Å². The molecular weight excluding hydrogens is 961 g/mol. The van der Waals surface area contributed by atoms with Gasteiger partial charge in [0.05, 0.1) is 63.4 Å². The van der Waals surface area contributed by atoms with E-state index in [4.69, 9.17) is 0 Å². The Morgan fingerprint density at radius 2 is 1.00 bits per heavy atom. The molecule has 0 radical (unpaired) electrons. The molecule has 15 nitrogen and oxygen atoms in total. The van der Waals surface area contributed by atoms with Crippen molar-refractivity contribution in [3.05, 3.63) is 182 Å². The molecule has 3 aromatic carbocycles. The summed E-state index contributed by atoms with van der Waals surface area (Å²) in [5.74, 6) is 0.548. The van der Waals surface area contributed by atoms with Gasteiger partial charge in [-0.05, 0) is 163 Å². The lowest BCUT2D eigenvalue weighted by Crippen LogP contribution is -2.37. The predicted octanol–water partition coefficient (Wildman–Crippen LogP) is 10.9. The standard InChI is InChI=1S/2C21H20N4O.C20H20N4O/c1-21(2)17-6-5-16(11-19(17)25(20(21)26)15-3-4-15)24-12-18(23-13-24)14-7-9-22-10-8-14;1-21(2)18-8-7-17(10-19(18)25(20(21)26)16-5-6-16)24-13-15(12-23-24)14-4-3-9-22-11-14;1-13-9-14(7-8-21-13)15-11-22-24(12-15)16-5-6-17-18(10-16)23(4)19(25)20(17,2)3/h5-13,15H,3-4H2,1-2H3;3-4,7-13,16H,5-6H2,1-2H3;5-12H,1-4H3. The fourth-order valence-corrected chi connectivity index (χ4v) is 11.0. The van der Waals surface area contributed by atoms with E-state index >= 15 is 0 Å². The molecule has 0 N–H and O–H groups in total. The zero-order chi connectivity index (χ0) is 53.5. The average Bonchev–Trinajstić information content (AvgIpc) is 4.32. The van der Waals surface area contributed by atoms with Crippen LogP contribution in [0.1, 0.15) is 89.6 Å². The molecule has 3 amide bonds. The van der Waals surface area contributed by atoms with Crippen molar-refractivity contribution in [3.63, 3.8) is 0 Å². The molecule has 77 heavy (non-hydrogen) atoms. The maximum absolute atomic E-state index is 12.9. The third kappa shape index (κ3) is 8.69. The number of amides is 3. The van der Waals surface area contributed by atoms with Gasteiger partial charge in [-0.2, -0.15) is 10.2 Å². The van der Waals surface area contributed by atoms with Crippen LogP contribution < -0.4 is 14.7 Å². The summed E-state index contributed by atoms with van der Waals surface area (Å²) in [7, 11) is 1.83. The summed E-state index contributed by atoms with van der Waals surface area (Å²) in [6.45, 7) is 14.0. The van der Waals surface area contributed by atoms with E-state index in [1.54, 1.807) is 29.7 Å². The number of imidazole rings is 1. The highest BCUT2D eigenvalue weighted by atomic mass is 16.2. The van der Waals surface area contributed by atoms with Crippen LogP contribution in [0, 0.1) is 6.92 Å². The zero-order valence-electron chi connectivity index (χ0n) is 44.6. The summed E-state index contributed by atoms with van der Waals surface area (Å²) in [5, 5.41) is 9.01. The highest BCUT2D eigenvalue weighted by Crippen LogP contribution is 2.49. The van der Waals surface area contributed by atoms with Crippen molar-refractivity contribution in [2.24, 2.45) is 0 Å². The maximum atomic E-state index is 12.9. The van der Waals surface area contributed by atoms with Crippen molar-refractivity contribution >= 4 is 34.8 Å². The van der Waals surface area contributed by atoms with Gasteiger partial charge in [-0.15, -0.1) is 0 Å². The highest BCUT2D eigenvalue weighted by Gasteiger charge is 2.50. The van der Waals surface area contributed by atoms with E-state index in [1.165, 1.54) is 0 Å². The zero-order valence-corrected chi connectivity index (χ0v) is 44.6. The number of carbonyl (C=O) groups excluding carboxylic acids is 3. The van der Waals surface area contributed by atoms with Gasteiger partial charge in [0.1, 0.15) is 0 Å². The van der Waals surface area contributed by atoms with E-state index in [-0.39, 0.29) is 17.7 Å². The molecule has 0 spiro atoms. The summed E-state index contributed by atoms with van der Waals surface area (Å²) >= 11 is 0. The number of fused-ring (bicyclic) bond motifs is 3. The van der Waals surface area contributed by atoms with Crippen LogP contribution in [0.3, 0.4) is 0 Å². The SMILES string of the molecule is CC1(C)C(=O)N(C2CC2)c2cc(-n3cc(-c4cccnc4)cn3)ccc21.CC1(C)C(=O)N(C2CC2)c2cc(-n3cnc(-c4ccncc4)c3)ccc21.Cc1cc(-c2cnn(-c3ccc4c(c3)N(C)C(=O)C4(C)C)c2)ccn1. The minimum absolute atomic E-state index is 0.119. The van der Waals surface area contributed by atoms with Gasteiger partial charge < -0.3 is 19.3 Å². The molecule has 0 saturated heterocycles. The summed E-state index contributed by atoms with van der Waals surface area (Å²) < 4.78 is 5.72. The van der Waals surface area contributed by atoms with E-state index in [9.17, 15) is 14.4 Å². The number of aryl methyl sites for hydroxylation is 1. The van der Waals surface area contributed by atoms with Crippen molar-refractivity contribution in [1.82, 2.24) is 44.1 Å². The Bertz CT molecular complexity index is 3600. The van der Waals surface area contributed by atoms with Crippen molar-refractivity contribution in [3.8, 4) is 50.6 Å². The largest absolute Gasteiger partial charge is 0.314 e. The first-order valence-electron chi connectivity index (χ1n) is 26.3. The lowest BCUT2D eigenvalue weighted by molar-refractivity contribution is -0.122. The van der Waals surface area contributed by atoms with Gasteiger partial charge in [-0.3, -0.25) is 29.3 Å². The van der Waals surface area contributed by atoms with Gasteiger partial charge in [0.2, 0.25) is 17.7 Å². The number of anilines is 3. The number of pyridine rings is 3. The molecule has 3 aliphatic heterocycles. The second kappa shape index (κ2) is 18.5. The smallest absolute Gasteiger partial charge is 0.237 e. The number of aromatic nitrogens is 9. The van der Waals surface area contributed by atoms with Gasteiger partial charge in [0, 0.05) is 108 Å². The molecule has 15 heteroatoms. The fourth-order valence-electron chi connectivity index (χ4n) is 11.0. The second-order valence-corrected chi connectivity index (χ2v) is 22.3. The topological polar surface area (TPSA) is 153 Å². The van der Waals surface area contributed by atoms with Crippen LogP contribution in [0.25, 0.3) is 50.6 Å². The first kappa shape index (κ1) is 49.1. The quantitative estimate of drug-likeness (QED) is 0.145. The number of carbonyl (C=O) groups is 3. The monoisotopic (exact) mass is 1020 g/mol. The summed E-state index contributed by atoms with van der Waals surface area (Å²) in [4.78, 5) is 61.0. The molecule has 5 aliphatic rings. The van der Waals surface area contributed by atoms with Gasteiger partial charge in [0.25, 0.3) is 0 Å². The number of rotatable bonds is 8. The molecule has 386 valence electrons. The molecule has 0 atom stereocenters. The van der Waals surface area contributed by atoms with Crippen LogP contribution in [-0.4, -0.2) is 80.9 Å². The Labute approximate surface area is 447 Å². The number of nitrogens with zero attached hydrogens (tertiary/aromatic N) is 12. The molecule has 2 fully saturated rings. The van der Waals surface area contributed by atoms with Crippen molar-refractivity contribution < 1.29 is 14.4 Å². The molecule has 9 heterocycles. The van der Waals surface area contributed by atoms with Crippen molar-refractivity contribution in [1.29, 1.82) is 0 Å². The lowest BCUT2D eigenvalue weighted by Gasteiger charge is -2.19. The Morgan fingerprint density at radius 3 is 1.56 bits per heavy atom. The molecule has 2 saturated carbocycles. The van der Waals surface area contributed by atoms with Crippen molar-refractivity contribution in [2.75, 3.05) is 21.7 Å². The van der Waals surface area contributed by atoms with Crippen LogP contribution >= 0.6 is 0 Å². The Kier molecular flexibility index (Phi) is 11.8. The van der Waals surface area contributed by atoms with Gasteiger partial charge in [0.15, 0.2) is 0 Å². The molecule has 6 aromatic heterocycles. The lowest BCUT2D eigenvalue weighted by atomic mass is 9.86. The predicted molar refractivity (Wildman–Crippen MR) is 299 cm³/mol. The van der Waals surface area contributed by atoms with Crippen LogP contribution in [-0.2, 0) is 30.6 Å². The van der Waals surface area contributed by atoms with Crippen molar-refractivity contribution in [2.45, 2.75) is 102 Å². The Balaban J connectivity index is 0.000000116. The number of likely N-dealkylation sites (N-methyl/N-ethyl adjacent to an activating group) is 1. The summed E-state index contributed by atoms with van der Waals surface area (Å²) in [5.41, 5.74) is 15.0. The highest BCUT2D eigenvalue weighted by molar-refractivity contribution is 6.10. The minimum atomic E-state index is -0.480. The third-order valence-corrected chi connectivity index (χ3v) is 15.8. The normalized spacial score (nSPS) is 17.4. The summed E-state index contributed by atoms with van der Waals surface area (Å²) in [6.07, 6.45) is 24.9. The molecular formula is C62H60N12O3. The fraction of sp³-hybridized carbons (Fsp3) is 0.274. The number of hydrogen-bond donors (Lipinski definition) is 0. The Morgan fingerprint density at radius 1 is 0.481 bits per heavy atom. The van der Waals surface area contributed by atoms with Gasteiger partial charge in [-0.25, -0.2) is 14.3 Å². The van der Waals surface area contributed by atoms with Crippen LogP contribution in [0.5, 0.6) is 0 Å². The van der Waals surface area contributed by atoms with Gasteiger partial charge in [-0.1, -0.05) is 24.3 Å². The molecule has 9 aromatic rings. The molecule has 0 unspecified atom stereocenters. The molecule has 14 rings (SSSR count). The van der Waals surface area contributed by atoms with Gasteiger partial charge >= 0.3 is 0 Å². The van der Waals surface area contributed by atoms with E-state index < -0.39 is 16.2 Å². The van der Waals surface area contributed by atoms with Crippen LogP contribution in [0.15, 0.2) is 159 Å². The first-order valence-corrected chi connectivity index (χ1v) is 26.3. The second-order valence-electron chi connectivity index (χ2n) is 22.3. The summed E-state index contributed by atoms with van der Waals surface area (Å²) in [6, 6.07) is 31.2. The molecule has 2 aliphatic carbocycles. The number of benzene rings is 3. The van der Waals surface area contributed by atoms with E-state index in [0.717, 1.165) is 116 Å².